The Kier molecular flexibility index (Phi) is 36.5. The minimum atomic E-state index is -0.506. The monoisotopic (exact) mass is 1270 g/mol. The highest BCUT2D eigenvalue weighted by Gasteiger charge is 2.16. The molecule has 504 valence electrons. The van der Waals surface area contributed by atoms with E-state index in [0.717, 1.165) is 172 Å². The standard InChI is InChI=1S/C81H108O12/c1-5-9-29-64(7-3)60-92-80(84)72-35-31-66(32-36-72)62-90-76-51-43-70(44-52-76)68-39-47-74(48-40-68)86-55-25-21-17-13-11-15-19-23-27-57-88-78(82)59-79(83)89-58-28-24-20-16-12-14-18-22-26-56-87-75-49-41-69(42-50-75)71-45-53-77(54-46-71)91-63-67-33-37-73(38-34-67)81(85)93-61-65(8-4)30-10-6-2/h31-54,64-65H,5-30,55-63H2,1-4H3. The fraction of sp³-hybridized carbons (Fsp3) is 0.506. The molecular weight excluding hydrogens is 1160 g/mol. The number of unbranched alkanes of at least 4 members (excludes halogenated alkanes) is 18. The molecular formula is C81H108O12. The summed E-state index contributed by atoms with van der Waals surface area (Å²) in [4.78, 5) is 49.5. The predicted octanol–water partition coefficient (Wildman–Crippen LogP) is 20.9. The average molecular weight is 1270 g/mol. The van der Waals surface area contributed by atoms with Crippen LogP contribution in [0.1, 0.15) is 233 Å². The van der Waals surface area contributed by atoms with Crippen molar-refractivity contribution >= 4 is 23.9 Å². The number of carbonyl (C=O) groups is 4. The fourth-order valence-electron chi connectivity index (χ4n) is 11.0. The third kappa shape index (κ3) is 30.8. The van der Waals surface area contributed by atoms with Gasteiger partial charge in [-0.25, -0.2) is 9.59 Å². The summed E-state index contributed by atoms with van der Waals surface area (Å²) in [6.07, 6.45) is 28.2. The Bertz CT molecular complexity index is 2750. The number of carbonyl (C=O) groups excluding carboxylic acids is 4. The van der Waals surface area contributed by atoms with Crippen molar-refractivity contribution in [1.29, 1.82) is 0 Å². The molecule has 0 saturated carbocycles. The van der Waals surface area contributed by atoms with E-state index in [1.807, 2.05) is 97.1 Å². The molecule has 6 rings (SSSR count). The summed E-state index contributed by atoms with van der Waals surface area (Å²) in [5, 5.41) is 0. The summed E-state index contributed by atoms with van der Waals surface area (Å²) < 4.78 is 46.0. The Morgan fingerprint density at radius 3 is 0.871 bits per heavy atom. The fourth-order valence-corrected chi connectivity index (χ4v) is 11.0. The van der Waals surface area contributed by atoms with Crippen LogP contribution in [0.5, 0.6) is 23.0 Å². The van der Waals surface area contributed by atoms with Gasteiger partial charge in [0.1, 0.15) is 42.6 Å². The van der Waals surface area contributed by atoms with Crippen molar-refractivity contribution in [2.75, 3.05) is 39.6 Å². The van der Waals surface area contributed by atoms with E-state index in [9.17, 15) is 19.2 Å². The zero-order valence-corrected chi connectivity index (χ0v) is 56.7. The Hall–Kier alpha value is -7.60. The second-order valence-electron chi connectivity index (χ2n) is 24.8. The molecule has 0 heterocycles. The largest absolute Gasteiger partial charge is 0.494 e. The van der Waals surface area contributed by atoms with E-state index in [4.69, 9.17) is 37.9 Å². The molecule has 0 saturated heterocycles. The topological polar surface area (TPSA) is 142 Å². The smallest absolute Gasteiger partial charge is 0.338 e. The lowest BCUT2D eigenvalue weighted by molar-refractivity contribution is -0.154. The summed E-state index contributed by atoms with van der Waals surface area (Å²) in [6, 6.07) is 47.5. The quantitative estimate of drug-likeness (QED) is 0.0155. The summed E-state index contributed by atoms with van der Waals surface area (Å²) in [5.74, 6) is 2.60. The van der Waals surface area contributed by atoms with Crippen molar-refractivity contribution in [2.45, 2.75) is 214 Å². The molecule has 0 spiro atoms. The molecule has 0 radical (unpaired) electrons. The highest BCUT2D eigenvalue weighted by atomic mass is 16.6. The first-order valence-corrected chi connectivity index (χ1v) is 35.4. The van der Waals surface area contributed by atoms with E-state index in [2.05, 4.69) is 76.2 Å². The third-order valence-electron chi connectivity index (χ3n) is 17.2. The zero-order chi connectivity index (χ0) is 65.8. The number of hydrogen-bond acceptors (Lipinski definition) is 12. The second kappa shape index (κ2) is 45.7. The zero-order valence-electron chi connectivity index (χ0n) is 56.7. The van der Waals surface area contributed by atoms with Crippen LogP contribution in [0.2, 0.25) is 0 Å². The Labute approximate surface area is 557 Å². The first kappa shape index (κ1) is 74.4. The molecule has 12 heteroatoms. The van der Waals surface area contributed by atoms with Crippen molar-refractivity contribution in [1.82, 2.24) is 0 Å². The third-order valence-corrected chi connectivity index (χ3v) is 17.2. The Morgan fingerprint density at radius 1 is 0.301 bits per heavy atom. The van der Waals surface area contributed by atoms with E-state index in [0.29, 0.717) is 75.8 Å². The van der Waals surface area contributed by atoms with Gasteiger partial charge in [-0.3, -0.25) is 9.59 Å². The van der Waals surface area contributed by atoms with Gasteiger partial charge >= 0.3 is 23.9 Å². The number of esters is 4. The van der Waals surface area contributed by atoms with Crippen LogP contribution in [0.25, 0.3) is 22.3 Å². The van der Waals surface area contributed by atoms with Crippen LogP contribution in [0.15, 0.2) is 146 Å². The van der Waals surface area contributed by atoms with Gasteiger partial charge < -0.3 is 37.9 Å². The maximum absolute atomic E-state index is 12.6. The molecule has 0 aliphatic heterocycles. The number of hydrogen-bond donors (Lipinski definition) is 0. The normalized spacial score (nSPS) is 11.7. The predicted molar refractivity (Wildman–Crippen MR) is 373 cm³/mol. The van der Waals surface area contributed by atoms with Crippen LogP contribution in [0.3, 0.4) is 0 Å². The second-order valence-corrected chi connectivity index (χ2v) is 24.8. The van der Waals surface area contributed by atoms with Gasteiger partial charge in [0.2, 0.25) is 0 Å². The number of benzene rings is 6. The van der Waals surface area contributed by atoms with Crippen LogP contribution in [0, 0.1) is 11.8 Å². The Balaban J connectivity index is 0.662. The lowest BCUT2D eigenvalue weighted by Gasteiger charge is -2.14. The number of ether oxygens (including phenoxy) is 8. The first-order chi connectivity index (χ1) is 45.6. The van der Waals surface area contributed by atoms with Crippen molar-refractivity contribution in [3.05, 3.63) is 168 Å². The summed E-state index contributed by atoms with van der Waals surface area (Å²) >= 11 is 0. The van der Waals surface area contributed by atoms with Gasteiger partial charge in [-0.1, -0.05) is 229 Å². The van der Waals surface area contributed by atoms with E-state index in [1.165, 1.54) is 51.4 Å². The molecule has 0 bridgehead atoms. The highest BCUT2D eigenvalue weighted by Crippen LogP contribution is 2.28. The molecule has 0 fully saturated rings. The maximum Gasteiger partial charge on any atom is 0.338 e. The molecule has 0 aromatic heterocycles. The van der Waals surface area contributed by atoms with Crippen LogP contribution < -0.4 is 18.9 Å². The van der Waals surface area contributed by atoms with Crippen molar-refractivity contribution < 1.29 is 57.1 Å². The van der Waals surface area contributed by atoms with Crippen molar-refractivity contribution in [3.63, 3.8) is 0 Å². The molecule has 0 N–H and O–H groups in total. The van der Waals surface area contributed by atoms with Gasteiger partial charge in [-0.05, 0) is 157 Å². The van der Waals surface area contributed by atoms with Gasteiger partial charge in [0, 0.05) is 0 Å². The lowest BCUT2D eigenvalue weighted by Crippen LogP contribution is -2.15. The molecule has 12 nitrogen and oxygen atoms in total. The van der Waals surface area contributed by atoms with Crippen LogP contribution in [0.4, 0.5) is 0 Å². The van der Waals surface area contributed by atoms with Gasteiger partial charge in [0.05, 0.1) is 50.8 Å². The van der Waals surface area contributed by atoms with E-state index < -0.39 is 11.9 Å². The SMILES string of the molecule is CCCCC(CC)COC(=O)c1ccc(COc2ccc(-c3ccc(OCCCCCCCCCCCOC(=O)CC(=O)OCCCCCCCCCCCOc4ccc(-c5ccc(OCc6ccc(C(=O)OCC(CC)CCCC)cc6)cc5)cc4)cc3)cc2)cc1. The van der Waals surface area contributed by atoms with Crippen LogP contribution in [-0.2, 0) is 41.8 Å². The number of rotatable bonds is 50. The van der Waals surface area contributed by atoms with Crippen molar-refractivity contribution in [3.8, 4) is 45.3 Å². The van der Waals surface area contributed by atoms with Gasteiger partial charge in [0.15, 0.2) is 0 Å². The minimum Gasteiger partial charge on any atom is -0.494 e. The summed E-state index contributed by atoms with van der Waals surface area (Å²) in [5.41, 5.74) is 7.52. The molecule has 6 aromatic rings. The molecule has 0 aliphatic carbocycles. The molecule has 93 heavy (non-hydrogen) atoms. The molecule has 6 aromatic carbocycles. The summed E-state index contributed by atoms with van der Waals surface area (Å²) in [6.45, 7) is 12.5. The summed E-state index contributed by atoms with van der Waals surface area (Å²) in [7, 11) is 0. The van der Waals surface area contributed by atoms with E-state index in [1.54, 1.807) is 0 Å². The highest BCUT2D eigenvalue weighted by molar-refractivity contribution is 5.91. The first-order valence-electron chi connectivity index (χ1n) is 35.4. The lowest BCUT2D eigenvalue weighted by atomic mass is 10.0. The van der Waals surface area contributed by atoms with Gasteiger partial charge in [-0.15, -0.1) is 0 Å². The molecule has 0 amide bonds. The van der Waals surface area contributed by atoms with Crippen LogP contribution >= 0.6 is 0 Å². The van der Waals surface area contributed by atoms with Crippen LogP contribution in [-0.4, -0.2) is 63.5 Å². The molecule has 0 aliphatic rings. The van der Waals surface area contributed by atoms with Crippen molar-refractivity contribution in [2.24, 2.45) is 11.8 Å². The molecule has 2 unspecified atom stereocenters. The molecule has 2 atom stereocenters. The van der Waals surface area contributed by atoms with E-state index in [-0.39, 0.29) is 18.4 Å². The Morgan fingerprint density at radius 2 is 0.581 bits per heavy atom. The maximum atomic E-state index is 12.6. The van der Waals surface area contributed by atoms with E-state index >= 15 is 0 Å². The van der Waals surface area contributed by atoms with Gasteiger partial charge in [-0.2, -0.15) is 0 Å². The van der Waals surface area contributed by atoms with Gasteiger partial charge in [0.25, 0.3) is 0 Å². The minimum absolute atomic E-state index is 0.271. The average Bonchev–Trinajstić information content (AvgIpc) is 2.29.